The summed E-state index contributed by atoms with van der Waals surface area (Å²) in [4.78, 5) is 26.2. The van der Waals surface area contributed by atoms with Gasteiger partial charge >= 0.3 is 5.97 Å². The standard InChI is InChI=1S/C18H12N2O5S/c1-25-17(22)18-13-7-2-3-8-14(13)26(23,24)20(18)16(21)12-6-4-5-11-9-10-19(18)15(11)12/h2-10H,1H3/t18-/m1/s1. The van der Waals surface area contributed by atoms with E-state index < -0.39 is 27.6 Å². The first-order valence-corrected chi connectivity index (χ1v) is 9.28. The average Bonchev–Trinajstić information content (AvgIpc) is 3.17. The molecule has 26 heavy (non-hydrogen) atoms. The van der Waals surface area contributed by atoms with Crippen LogP contribution in [0.3, 0.4) is 0 Å². The summed E-state index contributed by atoms with van der Waals surface area (Å²) in [5.41, 5.74) is -0.987. The van der Waals surface area contributed by atoms with Gasteiger partial charge in [-0.15, -0.1) is 0 Å². The van der Waals surface area contributed by atoms with Crippen molar-refractivity contribution in [2.75, 3.05) is 7.11 Å². The Morgan fingerprint density at radius 1 is 1.08 bits per heavy atom. The molecule has 0 N–H and O–H groups in total. The predicted molar refractivity (Wildman–Crippen MR) is 90.8 cm³/mol. The van der Waals surface area contributed by atoms with Crippen molar-refractivity contribution in [3.63, 3.8) is 0 Å². The molecule has 0 saturated carbocycles. The normalized spacial score (nSPS) is 22.2. The van der Waals surface area contributed by atoms with Gasteiger partial charge in [0.05, 0.1) is 23.1 Å². The number of hydrogen-bond donors (Lipinski definition) is 0. The number of carbonyl (C=O) groups excluding carboxylic acids is 2. The summed E-state index contributed by atoms with van der Waals surface area (Å²) in [5.74, 6) is -1.59. The van der Waals surface area contributed by atoms with Crippen LogP contribution in [0.2, 0.25) is 0 Å². The highest BCUT2D eigenvalue weighted by Crippen LogP contribution is 2.50. The molecule has 1 atom stereocenters. The molecular formula is C18H12N2O5S. The van der Waals surface area contributed by atoms with Crippen LogP contribution >= 0.6 is 0 Å². The quantitative estimate of drug-likeness (QED) is 0.610. The Balaban J connectivity index is 2.06. The van der Waals surface area contributed by atoms with Crippen molar-refractivity contribution in [2.24, 2.45) is 0 Å². The van der Waals surface area contributed by atoms with Crippen LogP contribution in [0.25, 0.3) is 10.9 Å². The van der Waals surface area contributed by atoms with Crippen LogP contribution in [0.4, 0.5) is 0 Å². The fourth-order valence-electron chi connectivity index (χ4n) is 4.02. The van der Waals surface area contributed by atoms with Crippen LogP contribution in [-0.2, 0) is 25.2 Å². The van der Waals surface area contributed by atoms with Gasteiger partial charge in [0, 0.05) is 17.1 Å². The third-order valence-electron chi connectivity index (χ3n) is 5.02. The number of rotatable bonds is 1. The van der Waals surface area contributed by atoms with E-state index in [9.17, 15) is 18.0 Å². The molecule has 0 radical (unpaired) electrons. The second-order valence-electron chi connectivity index (χ2n) is 6.16. The molecule has 2 aliphatic rings. The number of benzene rings is 2. The number of esters is 1. The number of para-hydroxylation sites is 1. The van der Waals surface area contributed by atoms with Crippen molar-refractivity contribution in [1.82, 2.24) is 8.87 Å². The Bertz CT molecular complexity index is 1240. The Hall–Kier alpha value is -3.13. The van der Waals surface area contributed by atoms with Gasteiger partial charge in [0.15, 0.2) is 0 Å². The monoisotopic (exact) mass is 368 g/mol. The van der Waals surface area contributed by atoms with Crippen LogP contribution in [0.15, 0.2) is 59.6 Å². The van der Waals surface area contributed by atoms with Crippen LogP contribution < -0.4 is 0 Å². The predicted octanol–water partition coefficient (Wildman–Crippen LogP) is 1.67. The Labute approximate surface area is 148 Å². The van der Waals surface area contributed by atoms with E-state index in [0.717, 1.165) is 5.39 Å². The molecule has 2 aromatic carbocycles. The number of carbonyl (C=O) groups is 2. The highest BCUT2D eigenvalue weighted by Gasteiger charge is 2.65. The molecule has 1 aromatic heterocycles. The zero-order valence-electron chi connectivity index (χ0n) is 13.5. The fourth-order valence-corrected chi connectivity index (χ4v) is 5.89. The van der Waals surface area contributed by atoms with Crippen molar-refractivity contribution in [3.05, 3.63) is 65.9 Å². The van der Waals surface area contributed by atoms with E-state index in [2.05, 4.69) is 0 Å². The minimum atomic E-state index is -4.22. The molecule has 1 amide bonds. The number of amides is 1. The van der Waals surface area contributed by atoms with Crippen molar-refractivity contribution < 1.29 is 22.7 Å². The van der Waals surface area contributed by atoms with Gasteiger partial charge in [0.25, 0.3) is 21.6 Å². The van der Waals surface area contributed by atoms with E-state index in [-0.39, 0.29) is 16.0 Å². The largest absolute Gasteiger partial charge is 0.466 e. The van der Waals surface area contributed by atoms with Crippen LogP contribution in [0, 0.1) is 0 Å². The average molecular weight is 368 g/mol. The maximum atomic E-state index is 13.2. The molecule has 2 aliphatic heterocycles. The Kier molecular flexibility index (Phi) is 2.64. The molecular weight excluding hydrogens is 356 g/mol. The maximum Gasteiger partial charge on any atom is 0.359 e. The zero-order valence-corrected chi connectivity index (χ0v) is 14.4. The lowest BCUT2D eigenvalue weighted by Gasteiger charge is -2.39. The summed E-state index contributed by atoms with van der Waals surface area (Å²) in [7, 11) is -3.05. The summed E-state index contributed by atoms with van der Waals surface area (Å²) in [6.45, 7) is 0. The minimum Gasteiger partial charge on any atom is -0.466 e. The number of methoxy groups -OCH3 is 1. The molecule has 0 saturated heterocycles. The maximum absolute atomic E-state index is 13.2. The van der Waals surface area contributed by atoms with E-state index in [0.29, 0.717) is 9.82 Å². The topological polar surface area (TPSA) is 85.7 Å². The highest BCUT2D eigenvalue weighted by molar-refractivity contribution is 7.90. The van der Waals surface area contributed by atoms with E-state index >= 15 is 0 Å². The lowest BCUT2D eigenvalue weighted by molar-refractivity contribution is -0.153. The van der Waals surface area contributed by atoms with Crippen molar-refractivity contribution in [2.45, 2.75) is 10.6 Å². The molecule has 8 heteroatoms. The zero-order chi connectivity index (χ0) is 18.3. The summed E-state index contributed by atoms with van der Waals surface area (Å²) < 4.78 is 33.5. The van der Waals surface area contributed by atoms with Gasteiger partial charge in [-0.1, -0.05) is 30.3 Å². The van der Waals surface area contributed by atoms with Gasteiger partial charge in [-0.2, -0.15) is 4.31 Å². The van der Waals surface area contributed by atoms with Gasteiger partial charge in [-0.25, -0.2) is 13.2 Å². The first-order valence-electron chi connectivity index (χ1n) is 7.84. The van der Waals surface area contributed by atoms with Crippen LogP contribution in [0.1, 0.15) is 15.9 Å². The summed E-state index contributed by atoms with van der Waals surface area (Å²) in [6.07, 6.45) is 1.61. The number of aromatic nitrogens is 1. The van der Waals surface area contributed by atoms with Crippen molar-refractivity contribution in [1.29, 1.82) is 0 Å². The summed E-state index contributed by atoms with van der Waals surface area (Å²) >= 11 is 0. The van der Waals surface area contributed by atoms with E-state index in [1.54, 1.807) is 42.6 Å². The van der Waals surface area contributed by atoms with E-state index in [1.807, 2.05) is 0 Å². The number of nitrogens with zero attached hydrogens (tertiary/aromatic N) is 2. The van der Waals surface area contributed by atoms with Crippen molar-refractivity contribution in [3.8, 4) is 0 Å². The van der Waals surface area contributed by atoms with Crippen molar-refractivity contribution >= 4 is 32.8 Å². The Morgan fingerprint density at radius 2 is 1.85 bits per heavy atom. The SMILES string of the molecule is COC(=O)[C@@]12c3ccccc3S(=O)(=O)N1C(=O)c1cccc3ccn2c13. The third-order valence-corrected chi connectivity index (χ3v) is 6.84. The van der Waals surface area contributed by atoms with Gasteiger partial charge in [-0.05, 0) is 18.2 Å². The Morgan fingerprint density at radius 3 is 2.62 bits per heavy atom. The number of fused-ring (bicyclic) bond motifs is 4. The first-order chi connectivity index (χ1) is 12.5. The summed E-state index contributed by atoms with van der Waals surface area (Å²) in [6, 6.07) is 12.9. The van der Waals surface area contributed by atoms with E-state index in [4.69, 9.17) is 4.74 Å². The lowest BCUT2D eigenvalue weighted by Crippen LogP contribution is -2.59. The molecule has 0 fully saturated rings. The fraction of sp³-hybridized carbons (Fsp3) is 0.111. The van der Waals surface area contributed by atoms with E-state index in [1.165, 1.54) is 23.8 Å². The number of hydrogen-bond acceptors (Lipinski definition) is 5. The molecule has 3 aromatic rings. The molecule has 0 unspecified atom stereocenters. The molecule has 130 valence electrons. The van der Waals surface area contributed by atoms with Crippen LogP contribution in [0.5, 0.6) is 0 Å². The van der Waals surface area contributed by atoms with Gasteiger partial charge in [0.1, 0.15) is 0 Å². The second-order valence-corrected chi connectivity index (χ2v) is 7.92. The third kappa shape index (κ3) is 1.39. The van der Waals surface area contributed by atoms with Gasteiger partial charge in [-0.3, -0.25) is 4.79 Å². The molecule has 0 bridgehead atoms. The van der Waals surface area contributed by atoms with Gasteiger partial charge in [0.2, 0.25) is 0 Å². The molecule has 5 rings (SSSR count). The molecule has 7 nitrogen and oxygen atoms in total. The minimum absolute atomic E-state index is 0.0755. The number of sulfonamides is 1. The van der Waals surface area contributed by atoms with Gasteiger partial charge < -0.3 is 9.30 Å². The first kappa shape index (κ1) is 15.2. The molecule has 0 spiro atoms. The lowest BCUT2D eigenvalue weighted by atomic mass is 9.95. The van der Waals surface area contributed by atoms with Crippen LogP contribution in [-0.4, -0.2) is 36.3 Å². The smallest absolute Gasteiger partial charge is 0.359 e. The summed E-state index contributed by atoms with van der Waals surface area (Å²) in [5, 5.41) is 0.737. The second kappa shape index (κ2) is 4.53. The molecule has 3 heterocycles. The number of ether oxygens (including phenoxy) is 1. The molecule has 0 aliphatic carbocycles. The highest BCUT2D eigenvalue weighted by atomic mass is 32.2.